The summed E-state index contributed by atoms with van der Waals surface area (Å²) in [6.07, 6.45) is 3.38. The number of ether oxygens (including phenoxy) is 2. The molecule has 29 heavy (non-hydrogen) atoms. The fraction of sp³-hybridized carbons (Fsp3) is 0.368. The van der Waals surface area contributed by atoms with E-state index in [2.05, 4.69) is 15.0 Å². The molecule has 0 amide bonds. The van der Waals surface area contributed by atoms with Crippen LogP contribution in [0.25, 0.3) is 11.2 Å². The molecule has 4 N–H and O–H groups in total. The van der Waals surface area contributed by atoms with Crippen molar-refractivity contribution in [3.63, 3.8) is 0 Å². The van der Waals surface area contributed by atoms with Gasteiger partial charge in [-0.15, -0.1) is 0 Å². The summed E-state index contributed by atoms with van der Waals surface area (Å²) < 4.78 is 11.6. The number of imidazole rings is 1. The molecule has 10 heteroatoms. The van der Waals surface area contributed by atoms with Gasteiger partial charge in [0, 0.05) is 0 Å². The fourth-order valence-corrected chi connectivity index (χ4v) is 3.67. The van der Waals surface area contributed by atoms with Crippen LogP contribution >= 0.6 is 0 Å². The molecule has 1 fully saturated rings. The van der Waals surface area contributed by atoms with Gasteiger partial charge >= 0.3 is 6.16 Å². The minimum Gasteiger partial charge on any atom is -0.431 e. The third kappa shape index (κ3) is 3.36. The first-order valence-corrected chi connectivity index (χ1v) is 9.21. The number of hydrogen-bond acceptors (Lipinski definition) is 9. The van der Waals surface area contributed by atoms with E-state index < -0.39 is 24.1 Å². The summed E-state index contributed by atoms with van der Waals surface area (Å²) >= 11 is 0. The second-order valence-corrected chi connectivity index (χ2v) is 7.05. The Morgan fingerprint density at radius 2 is 1.90 bits per heavy atom. The third-order valence-corrected chi connectivity index (χ3v) is 5.24. The molecule has 2 aromatic heterocycles. The molecule has 1 saturated carbocycles. The number of nitrogen functional groups attached to an aromatic ring is 1. The van der Waals surface area contributed by atoms with Crippen LogP contribution in [-0.4, -0.2) is 48.1 Å². The number of fused-ring (bicyclic) bond motifs is 1. The molecule has 0 radical (unpaired) electrons. The number of anilines is 1. The lowest BCUT2D eigenvalue weighted by Crippen LogP contribution is -2.60. The SMILES string of the molecule is Nc1ncnc2c1ncn2[C@]1(O)CCCC[C@]1(O)COC(=O)Oc1ccccc1. The standard InChI is InChI=1S/C19H21N5O5/c20-15-14-16(22-11-21-15)24(12-23-14)19(27)9-5-4-8-18(19,26)10-28-17(25)29-13-6-2-1-3-7-13/h1-3,6-7,11-12,26-27H,4-5,8-10H2,(H2,20,21,22)/t18-,19-/m0/s1. The van der Waals surface area contributed by atoms with Crippen LogP contribution in [0.3, 0.4) is 0 Å². The number of para-hydroxylation sites is 1. The number of carbonyl (C=O) groups is 1. The van der Waals surface area contributed by atoms with E-state index in [1.165, 1.54) is 17.2 Å². The van der Waals surface area contributed by atoms with E-state index >= 15 is 0 Å². The molecule has 4 rings (SSSR count). The highest BCUT2D eigenvalue weighted by atomic mass is 16.7. The van der Waals surface area contributed by atoms with Crippen molar-refractivity contribution in [2.45, 2.75) is 37.0 Å². The maximum absolute atomic E-state index is 12.1. The van der Waals surface area contributed by atoms with E-state index in [4.69, 9.17) is 15.2 Å². The Morgan fingerprint density at radius 3 is 2.69 bits per heavy atom. The molecule has 1 aromatic carbocycles. The highest BCUT2D eigenvalue weighted by Gasteiger charge is 2.54. The van der Waals surface area contributed by atoms with Crippen molar-refractivity contribution < 1.29 is 24.5 Å². The van der Waals surface area contributed by atoms with Gasteiger partial charge in [0.05, 0.1) is 6.33 Å². The summed E-state index contributed by atoms with van der Waals surface area (Å²) in [4.78, 5) is 24.3. The summed E-state index contributed by atoms with van der Waals surface area (Å²) in [5.41, 5.74) is 2.86. The Balaban J connectivity index is 1.58. The first-order chi connectivity index (χ1) is 13.9. The Kier molecular flexibility index (Phi) is 4.81. The van der Waals surface area contributed by atoms with Gasteiger partial charge in [0.2, 0.25) is 0 Å². The minimum absolute atomic E-state index is 0.166. The first-order valence-electron chi connectivity index (χ1n) is 9.21. The summed E-state index contributed by atoms with van der Waals surface area (Å²) in [5, 5.41) is 22.8. The average molecular weight is 399 g/mol. The van der Waals surface area contributed by atoms with E-state index in [0.29, 0.717) is 24.1 Å². The lowest BCUT2D eigenvalue weighted by Gasteiger charge is -2.46. The molecule has 3 aromatic rings. The molecule has 1 aliphatic carbocycles. The van der Waals surface area contributed by atoms with Gasteiger partial charge < -0.3 is 25.4 Å². The Morgan fingerprint density at radius 1 is 1.14 bits per heavy atom. The number of rotatable bonds is 4. The number of carbonyl (C=O) groups excluding carboxylic acids is 1. The molecule has 152 valence electrons. The van der Waals surface area contributed by atoms with E-state index in [0.717, 1.165) is 0 Å². The van der Waals surface area contributed by atoms with Gasteiger partial charge in [-0.1, -0.05) is 24.6 Å². The minimum atomic E-state index is -1.80. The van der Waals surface area contributed by atoms with Crippen LogP contribution in [-0.2, 0) is 10.5 Å². The number of aliphatic hydroxyl groups is 2. The van der Waals surface area contributed by atoms with Gasteiger partial charge in [0.25, 0.3) is 0 Å². The van der Waals surface area contributed by atoms with Gasteiger partial charge in [0.15, 0.2) is 17.2 Å². The van der Waals surface area contributed by atoms with Gasteiger partial charge in [-0.05, 0) is 31.4 Å². The van der Waals surface area contributed by atoms with Gasteiger partial charge in [0.1, 0.15) is 29.8 Å². The molecular formula is C19H21N5O5. The van der Waals surface area contributed by atoms with Crippen molar-refractivity contribution in [3.05, 3.63) is 43.0 Å². The predicted octanol–water partition coefficient (Wildman–Crippen LogP) is 1.57. The lowest BCUT2D eigenvalue weighted by atomic mass is 9.77. The third-order valence-electron chi connectivity index (χ3n) is 5.24. The number of nitrogens with zero attached hydrogens (tertiary/aromatic N) is 4. The van der Waals surface area contributed by atoms with Crippen LogP contribution in [0.15, 0.2) is 43.0 Å². The molecule has 0 unspecified atom stereocenters. The van der Waals surface area contributed by atoms with Crippen LogP contribution < -0.4 is 10.5 Å². The largest absolute Gasteiger partial charge is 0.513 e. The van der Waals surface area contributed by atoms with Crippen molar-refractivity contribution in [2.75, 3.05) is 12.3 Å². The Labute approximate surface area is 165 Å². The van der Waals surface area contributed by atoms with Crippen LogP contribution in [0, 0.1) is 0 Å². The van der Waals surface area contributed by atoms with Crippen molar-refractivity contribution >= 4 is 23.1 Å². The second kappa shape index (κ2) is 7.30. The average Bonchev–Trinajstić information content (AvgIpc) is 3.16. The fourth-order valence-electron chi connectivity index (χ4n) is 3.67. The van der Waals surface area contributed by atoms with Gasteiger partial charge in [-0.2, -0.15) is 0 Å². The molecule has 0 aliphatic heterocycles. The number of aromatic nitrogens is 4. The lowest BCUT2D eigenvalue weighted by molar-refractivity contribution is -0.237. The van der Waals surface area contributed by atoms with E-state index in [9.17, 15) is 15.0 Å². The van der Waals surface area contributed by atoms with E-state index in [1.807, 2.05) is 0 Å². The summed E-state index contributed by atoms with van der Waals surface area (Å²) in [5.74, 6) is 0.482. The normalized spacial score (nSPS) is 24.3. The molecule has 1 aliphatic rings. The topological polar surface area (TPSA) is 146 Å². The van der Waals surface area contributed by atoms with Gasteiger partial charge in [-0.25, -0.2) is 19.7 Å². The van der Waals surface area contributed by atoms with Crippen LogP contribution in [0.4, 0.5) is 10.6 Å². The molecule has 10 nitrogen and oxygen atoms in total. The Bertz CT molecular complexity index is 1030. The number of hydrogen-bond donors (Lipinski definition) is 3. The van der Waals surface area contributed by atoms with Crippen molar-refractivity contribution in [1.29, 1.82) is 0 Å². The maximum Gasteiger partial charge on any atom is 0.513 e. The molecule has 2 atom stereocenters. The molecule has 0 spiro atoms. The zero-order valence-corrected chi connectivity index (χ0v) is 15.6. The van der Waals surface area contributed by atoms with E-state index in [1.54, 1.807) is 30.3 Å². The number of benzene rings is 1. The van der Waals surface area contributed by atoms with E-state index in [-0.39, 0.29) is 24.3 Å². The summed E-state index contributed by atoms with van der Waals surface area (Å²) in [7, 11) is 0. The Hall–Kier alpha value is -3.24. The van der Waals surface area contributed by atoms with Crippen LogP contribution in [0.1, 0.15) is 25.7 Å². The monoisotopic (exact) mass is 399 g/mol. The summed E-state index contributed by atoms with van der Waals surface area (Å²) in [6, 6.07) is 8.43. The quantitative estimate of drug-likeness (QED) is 0.439. The van der Waals surface area contributed by atoms with Crippen molar-refractivity contribution in [1.82, 2.24) is 19.5 Å². The first kappa shape index (κ1) is 19.1. The highest BCUT2D eigenvalue weighted by Crippen LogP contribution is 2.42. The van der Waals surface area contributed by atoms with Crippen molar-refractivity contribution in [3.8, 4) is 5.75 Å². The number of nitrogens with two attached hydrogens (primary N) is 1. The predicted molar refractivity (Wildman–Crippen MR) is 102 cm³/mol. The smallest absolute Gasteiger partial charge is 0.431 e. The molecule has 0 bridgehead atoms. The second-order valence-electron chi connectivity index (χ2n) is 7.05. The highest BCUT2D eigenvalue weighted by molar-refractivity contribution is 5.81. The summed E-state index contributed by atoms with van der Waals surface area (Å²) in [6.45, 7) is -0.463. The van der Waals surface area contributed by atoms with Crippen LogP contribution in [0.5, 0.6) is 5.75 Å². The zero-order chi connectivity index (χ0) is 20.5. The van der Waals surface area contributed by atoms with Crippen molar-refractivity contribution in [2.24, 2.45) is 0 Å². The van der Waals surface area contributed by atoms with Gasteiger partial charge in [-0.3, -0.25) is 4.57 Å². The van der Waals surface area contributed by atoms with Crippen LogP contribution in [0.2, 0.25) is 0 Å². The molecule has 2 heterocycles. The molecule has 0 saturated heterocycles. The molecular weight excluding hydrogens is 378 g/mol. The maximum atomic E-state index is 12.1. The zero-order valence-electron chi connectivity index (χ0n) is 15.6.